The second-order valence-corrected chi connectivity index (χ2v) is 16.7. The van der Waals surface area contributed by atoms with E-state index in [1.807, 2.05) is 78.9 Å². The predicted molar refractivity (Wildman–Crippen MR) is 273 cm³/mol. The summed E-state index contributed by atoms with van der Waals surface area (Å²) in [5.74, 6) is 0.579. The molecule has 0 fully saturated rings. The summed E-state index contributed by atoms with van der Waals surface area (Å²) in [6, 6.07) is 27.6. The summed E-state index contributed by atoms with van der Waals surface area (Å²) >= 11 is 0. The number of benzene rings is 3. The molecule has 0 radical (unpaired) electrons. The number of terminal acetylenes is 1. The third-order valence-corrected chi connectivity index (χ3v) is 11.6. The fraction of sp³-hybridized carbons (Fsp3) is 0.214. The van der Waals surface area contributed by atoms with Crippen molar-refractivity contribution in [2.75, 3.05) is 26.4 Å². The first-order valence-corrected chi connectivity index (χ1v) is 23.3. The van der Waals surface area contributed by atoms with Gasteiger partial charge in [0.2, 0.25) is 0 Å². The van der Waals surface area contributed by atoms with E-state index in [9.17, 15) is 39.6 Å². The number of nitrogens with one attached hydrogen (secondary N) is 2. The van der Waals surface area contributed by atoms with Gasteiger partial charge >= 0.3 is 23.9 Å². The third-order valence-electron chi connectivity index (χ3n) is 11.6. The smallest absolute Gasteiger partial charge is 0.303 e. The SMILES string of the molecule is C#Cc1ccccc1-c1c2nc(c(-c3c(OCCCC(=O)O)cccc3OCCCC(=O)O)c3ccc(cc4ccc([nH]4)c(-c4c(OCCCC(=O)O)cccc4OCCCC(=O)O)c4nc1C=C4)[nH]3)C=C2. The van der Waals surface area contributed by atoms with Crippen LogP contribution in [0.4, 0.5) is 0 Å². The lowest BCUT2D eigenvalue weighted by atomic mass is 9.97. The fourth-order valence-electron chi connectivity index (χ4n) is 8.39. The second kappa shape index (κ2) is 23.0. The first-order valence-electron chi connectivity index (χ1n) is 23.3. The number of carboxylic acids is 4. The first-order chi connectivity index (χ1) is 35.0. The maximum absolute atomic E-state index is 11.5. The predicted octanol–water partition coefficient (Wildman–Crippen LogP) is 10.6. The van der Waals surface area contributed by atoms with Crippen LogP contribution in [0.3, 0.4) is 0 Å². The maximum atomic E-state index is 11.5. The van der Waals surface area contributed by atoms with Gasteiger partial charge in [-0.1, -0.05) is 36.3 Å². The van der Waals surface area contributed by atoms with Gasteiger partial charge in [-0.2, -0.15) is 0 Å². The lowest BCUT2D eigenvalue weighted by Gasteiger charge is -2.17. The topological polar surface area (TPSA) is 243 Å². The van der Waals surface area contributed by atoms with Crippen LogP contribution in [0.15, 0.2) is 91.0 Å². The van der Waals surface area contributed by atoms with Crippen LogP contribution in [0, 0.1) is 12.3 Å². The number of hydrogen-bond acceptors (Lipinski definition) is 10. The van der Waals surface area contributed by atoms with Crippen LogP contribution in [-0.4, -0.2) is 90.7 Å². The molecule has 366 valence electrons. The van der Waals surface area contributed by atoms with Crippen molar-refractivity contribution in [3.63, 3.8) is 0 Å². The molecule has 0 unspecified atom stereocenters. The van der Waals surface area contributed by atoms with Crippen molar-refractivity contribution in [2.45, 2.75) is 51.4 Å². The molecular weight excluding hydrogens is 921 g/mol. The van der Waals surface area contributed by atoms with Crippen LogP contribution in [0.25, 0.3) is 79.8 Å². The van der Waals surface area contributed by atoms with E-state index < -0.39 is 23.9 Å². The molecular formula is C56H50N4O12. The van der Waals surface area contributed by atoms with Gasteiger partial charge in [-0.05, 0) is 111 Å². The zero-order valence-corrected chi connectivity index (χ0v) is 39.0. The molecule has 0 saturated heterocycles. The Morgan fingerprint density at radius 2 is 0.819 bits per heavy atom. The highest BCUT2D eigenvalue weighted by Crippen LogP contribution is 2.46. The molecule has 16 nitrogen and oxygen atoms in total. The highest BCUT2D eigenvalue weighted by atomic mass is 16.5. The Hall–Kier alpha value is -9.10. The Morgan fingerprint density at radius 1 is 0.458 bits per heavy atom. The number of carboxylic acid groups (broad SMARTS) is 4. The van der Waals surface area contributed by atoms with Crippen molar-refractivity contribution < 1.29 is 58.6 Å². The monoisotopic (exact) mass is 970 g/mol. The number of aliphatic carboxylic acids is 4. The van der Waals surface area contributed by atoms with E-state index >= 15 is 0 Å². The van der Waals surface area contributed by atoms with Crippen LogP contribution >= 0.6 is 0 Å². The summed E-state index contributed by atoms with van der Waals surface area (Å²) in [5, 5.41) is 37.6. The number of carbonyl (C=O) groups is 4. The van der Waals surface area contributed by atoms with Crippen molar-refractivity contribution >= 4 is 70.2 Å². The summed E-state index contributed by atoms with van der Waals surface area (Å²) < 4.78 is 25.4. The standard InChI is InChI=1S/C56H50N4O12/c1-2-34-11-3-4-12-37(34)52-38-25-27-42(59-38)53(55-44(69-29-7-17-48(61)62)13-5-14-45(55)70-30-8-18-49(63)64)40-23-21-35(57-40)33-36-22-24-41(58-36)54(43-28-26-39(52)60-43)56-46(71-31-9-19-50(65)66)15-6-16-47(56)72-32-10-20-51(67)68/h1,3-6,11-16,21-28,33,57-58H,7-10,17-20,29-32H2,(H,61,62)(H,63,64)(H,65,66)(H,67,68). The van der Waals surface area contributed by atoms with E-state index in [-0.39, 0.29) is 77.8 Å². The van der Waals surface area contributed by atoms with Gasteiger partial charge in [0.25, 0.3) is 0 Å². The molecule has 2 aliphatic heterocycles. The highest BCUT2D eigenvalue weighted by Gasteiger charge is 2.25. The Kier molecular flexibility index (Phi) is 15.8. The highest BCUT2D eigenvalue weighted by molar-refractivity contribution is 6.00. The van der Waals surface area contributed by atoms with Crippen molar-refractivity contribution in [3.05, 3.63) is 119 Å². The number of H-pyrrole nitrogens is 2. The van der Waals surface area contributed by atoms with E-state index in [0.717, 1.165) is 0 Å². The lowest BCUT2D eigenvalue weighted by molar-refractivity contribution is -0.138. The average Bonchev–Trinajstić information content (AvgIpc) is 4.21. The molecule has 3 aromatic carbocycles. The number of rotatable bonds is 23. The van der Waals surface area contributed by atoms with Crippen LogP contribution in [-0.2, 0) is 19.2 Å². The van der Waals surface area contributed by atoms with Gasteiger partial charge in [-0.15, -0.1) is 6.42 Å². The maximum Gasteiger partial charge on any atom is 0.303 e. The Morgan fingerprint density at radius 3 is 1.18 bits per heavy atom. The number of fused-ring (bicyclic) bond motifs is 8. The minimum atomic E-state index is -0.953. The minimum absolute atomic E-state index is 0.0815. The van der Waals surface area contributed by atoms with Gasteiger partial charge in [0.15, 0.2) is 0 Å². The van der Waals surface area contributed by atoms with E-state index in [0.29, 0.717) is 107 Å². The van der Waals surface area contributed by atoms with Crippen LogP contribution in [0.2, 0.25) is 0 Å². The van der Waals surface area contributed by atoms with Crippen LogP contribution in [0.5, 0.6) is 23.0 Å². The number of hydrogen-bond donors (Lipinski definition) is 6. The quantitative estimate of drug-likeness (QED) is 0.0258. The number of aromatic amines is 2. The molecule has 16 heteroatoms. The zero-order chi connectivity index (χ0) is 50.6. The summed E-state index contributed by atoms with van der Waals surface area (Å²) in [7, 11) is 0. The Labute approximate surface area is 413 Å². The largest absolute Gasteiger partial charge is 0.493 e. The molecule has 0 amide bonds. The molecule has 3 aromatic heterocycles. The van der Waals surface area contributed by atoms with Gasteiger partial charge in [0.1, 0.15) is 23.0 Å². The van der Waals surface area contributed by atoms with Gasteiger partial charge in [-0.3, -0.25) is 19.2 Å². The summed E-state index contributed by atoms with van der Waals surface area (Å²) in [6.07, 6.45) is 14.2. The van der Waals surface area contributed by atoms with Crippen LogP contribution < -0.4 is 18.9 Å². The van der Waals surface area contributed by atoms with Gasteiger partial charge in [0, 0.05) is 75.6 Å². The molecule has 0 saturated carbocycles. The summed E-state index contributed by atoms with van der Waals surface area (Å²) in [6.45, 7) is 0.326. The summed E-state index contributed by atoms with van der Waals surface area (Å²) in [5.41, 5.74) is 8.66. The molecule has 2 aliphatic rings. The van der Waals surface area contributed by atoms with E-state index in [4.69, 9.17) is 35.3 Å². The molecule has 0 spiro atoms. The average molecular weight is 971 g/mol. The van der Waals surface area contributed by atoms with Crippen molar-refractivity contribution in [2.24, 2.45) is 0 Å². The third kappa shape index (κ3) is 11.8. The van der Waals surface area contributed by atoms with Gasteiger partial charge < -0.3 is 49.3 Å². The number of aromatic nitrogens is 4. The second-order valence-electron chi connectivity index (χ2n) is 16.7. The molecule has 6 N–H and O–H groups in total. The molecule has 6 aromatic rings. The molecule has 0 atom stereocenters. The van der Waals surface area contributed by atoms with Crippen molar-refractivity contribution in [3.8, 4) is 68.7 Å². The zero-order valence-electron chi connectivity index (χ0n) is 39.0. The lowest BCUT2D eigenvalue weighted by Crippen LogP contribution is -2.06. The molecule has 72 heavy (non-hydrogen) atoms. The summed E-state index contributed by atoms with van der Waals surface area (Å²) in [4.78, 5) is 63.6. The molecule has 8 rings (SSSR count). The molecule has 8 bridgehead atoms. The van der Waals surface area contributed by atoms with E-state index in [1.54, 1.807) is 36.4 Å². The fourth-order valence-corrected chi connectivity index (χ4v) is 8.39. The molecule has 0 aliphatic carbocycles. The molecule has 5 heterocycles. The van der Waals surface area contributed by atoms with E-state index in [2.05, 4.69) is 15.9 Å². The Balaban J connectivity index is 1.43. The Bertz CT molecular complexity index is 3060. The van der Waals surface area contributed by atoms with Gasteiger partial charge in [0.05, 0.1) is 60.3 Å². The normalized spacial score (nSPS) is 11.5. The van der Waals surface area contributed by atoms with E-state index in [1.165, 1.54) is 0 Å². The van der Waals surface area contributed by atoms with Crippen molar-refractivity contribution in [1.29, 1.82) is 0 Å². The van der Waals surface area contributed by atoms with Gasteiger partial charge in [-0.25, -0.2) is 9.97 Å². The minimum Gasteiger partial charge on any atom is -0.493 e. The van der Waals surface area contributed by atoms with Crippen LogP contribution in [0.1, 0.15) is 79.7 Å². The first kappa shape index (κ1) is 49.3. The number of ether oxygens (including phenoxy) is 4. The number of nitrogens with zero attached hydrogens (tertiary/aromatic N) is 2. The van der Waals surface area contributed by atoms with Crippen molar-refractivity contribution in [1.82, 2.24) is 19.9 Å².